The second-order valence-corrected chi connectivity index (χ2v) is 2.87. The Morgan fingerprint density at radius 3 is 2.87 bits per heavy atom. The van der Waals surface area contributed by atoms with Gasteiger partial charge in [-0.15, -0.1) is 0 Å². The van der Waals surface area contributed by atoms with Gasteiger partial charge in [0.25, 0.3) is 5.69 Å². The quantitative estimate of drug-likeness (QED) is 0.596. The van der Waals surface area contributed by atoms with E-state index in [1.807, 2.05) is 0 Å². The fourth-order valence-corrected chi connectivity index (χ4v) is 1.19. The number of rotatable bonds is 2. The van der Waals surface area contributed by atoms with E-state index < -0.39 is 4.92 Å². The van der Waals surface area contributed by atoms with Crippen LogP contribution in [0, 0.1) is 10.1 Å². The first kappa shape index (κ1) is 9.20. The molecule has 0 unspecified atom stereocenters. The molecule has 0 radical (unpaired) electrons. The van der Waals surface area contributed by atoms with Crippen molar-refractivity contribution >= 4 is 11.5 Å². The Balaban J connectivity index is 2.54. The number of nitrogens with two attached hydrogens (primary N) is 1. The highest BCUT2D eigenvalue weighted by Gasteiger charge is 2.12. The first-order chi connectivity index (χ1) is 7.16. The number of nitrogen functional groups attached to an aromatic ring is 1. The minimum absolute atomic E-state index is 0.0931. The minimum Gasteiger partial charge on any atom is -0.463 e. The molecule has 0 saturated heterocycles. The molecule has 0 aliphatic carbocycles. The fraction of sp³-hybridized carbons (Fsp3) is 0. The molecule has 2 N–H and O–H groups in total. The Morgan fingerprint density at radius 2 is 2.27 bits per heavy atom. The van der Waals surface area contributed by atoms with E-state index in [0.29, 0.717) is 11.5 Å². The van der Waals surface area contributed by atoms with Crippen LogP contribution in [0.4, 0.5) is 11.5 Å². The lowest BCUT2D eigenvalue weighted by atomic mass is 10.2. The lowest BCUT2D eigenvalue weighted by Gasteiger charge is -1.98. The van der Waals surface area contributed by atoms with Gasteiger partial charge in [-0.25, -0.2) is 4.98 Å². The second-order valence-electron chi connectivity index (χ2n) is 2.87. The van der Waals surface area contributed by atoms with Gasteiger partial charge in [0.05, 0.1) is 17.3 Å². The second kappa shape index (κ2) is 3.41. The lowest BCUT2D eigenvalue weighted by molar-refractivity contribution is -0.384. The highest BCUT2D eigenvalue weighted by Crippen LogP contribution is 2.24. The van der Waals surface area contributed by atoms with Crippen molar-refractivity contribution in [1.82, 2.24) is 4.98 Å². The molecule has 0 saturated carbocycles. The maximum atomic E-state index is 10.6. The Hall–Kier alpha value is -2.37. The summed E-state index contributed by atoms with van der Waals surface area (Å²) < 4.78 is 5.07. The molecule has 0 aliphatic heterocycles. The van der Waals surface area contributed by atoms with Crippen LogP contribution in [0.15, 0.2) is 34.9 Å². The summed E-state index contributed by atoms with van der Waals surface area (Å²) in [6.07, 6.45) is 1.46. The van der Waals surface area contributed by atoms with Crippen molar-refractivity contribution in [2.45, 2.75) is 0 Å². The van der Waals surface area contributed by atoms with Gasteiger partial charge >= 0.3 is 0 Å². The van der Waals surface area contributed by atoms with Gasteiger partial charge in [-0.05, 0) is 12.1 Å². The Kier molecular flexibility index (Phi) is 2.09. The summed E-state index contributed by atoms with van der Waals surface area (Å²) in [6, 6.07) is 5.85. The van der Waals surface area contributed by atoms with Crippen LogP contribution in [-0.4, -0.2) is 9.91 Å². The number of hydrogen-bond donors (Lipinski definition) is 1. The Morgan fingerprint density at radius 1 is 1.47 bits per heavy atom. The van der Waals surface area contributed by atoms with Gasteiger partial charge in [0.1, 0.15) is 11.5 Å². The van der Waals surface area contributed by atoms with Gasteiger partial charge in [0, 0.05) is 6.07 Å². The van der Waals surface area contributed by atoms with E-state index in [-0.39, 0.29) is 11.5 Å². The smallest absolute Gasteiger partial charge is 0.275 e. The number of anilines is 1. The van der Waals surface area contributed by atoms with E-state index >= 15 is 0 Å². The average Bonchev–Trinajstić information content (AvgIpc) is 2.69. The molecule has 0 aromatic carbocycles. The molecule has 15 heavy (non-hydrogen) atoms. The zero-order chi connectivity index (χ0) is 10.8. The molecule has 2 aromatic rings. The van der Waals surface area contributed by atoms with Gasteiger partial charge in [-0.3, -0.25) is 10.1 Å². The number of pyridine rings is 1. The average molecular weight is 205 g/mol. The summed E-state index contributed by atoms with van der Waals surface area (Å²) in [6.45, 7) is 0. The van der Waals surface area contributed by atoms with Crippen LogP contribution >= 0.6 is 0 Å². The molecule has 0 atom stereocenters. The van der Waals surface area contributed by atoms with Crippen molar-refractivity contribution in [2.75, 3.05) is 5.73 Å². The number of aromatic nitrogens is 1. The maximum Gasteiger partial charge on any atom is 0.275 e. The van der Waals surface area contributed by atoms with Crippen LogP contribution < -0.4 is 5.73 Å². The van der Waals surface area contributed by atoms with E-state index in [1.54, 1.807) is 12.1 Å². The van der Waals surface area contributed by atoms with Crippen molar-refractivity contribution in [3.8, 4) is 11.5 Å². The van der Waals surface area contributed by atoms with Crippen molar-refractivity contribution in [2.24, 2.45) is 0 Å². The Bertz CT molecular complexity index is 493. The van der Waals surface area contributed by atoms with Gasteiger partial charge < -0.3 is 10.2 Å². The molecular formula is C9H7N3O3. The van der Waals surface area contributed by atoms with Crippen LogP contribution in [0.3, 0.4) is 0 Å². The fourth-order valence-electron chi connectivity index (χ4n) is 1.19. The third kappa shape index (κ3) is 1.78. The number of furan rings is 1. The van der Waals surface area contributed by atoms with E-state index in [1.165, 1.54) is 18.4 Å². The SMILES string of the molecule is Nc1cc([N+](=O)[O-])cc(-c2ccco2)n1. The Labute approximate surface area is 84.5 Å². The predicted molar refractivity (Wildman–Crippen MR) is 53.0 cm³/mol. The predicted octanol–water partition coefficient (Wildman–Crippen LogP) is 1.83. The molecule has 0 amide bonds. The van der Waals surface area contributed by atoms with Crippen LogP contribution in [0.2, 0.25) is 0 Å². The molecule has 6 heteroatoms. The van der Waals surface area contributed by atoms with Gasteiger partial charge in [-0.1, -0.05) is 0 Å². The van der Waals surface area contributed by atoms with E-state index in [2.05, 4.69) is 4.98 Å². The standard InChI is InChI=1S/C9H7N3O3/c10-9-5-6(12(13)14)4-7(11-9)8-2-1-3-15-8/h1-5H,(H2,10,11). The molecule has 6 nitrogen and oxygen atoms in total. The summed E-state index contributed by atoms with van der Waals surface area (Å²) in [5.74, 6) is 0.543. The van der Waals surface area contributed by atoms with Gasteiger partial charge in [0.2, 0.25) is 0 Å². The molecule has 76 valence electrons. The summed E-state index contributed by atoms with van der Waals surface area (Å²) in [4.78, 5) is 14.0. The molecule has 0 spiro atoms. The van der Waals surface area contributed by atoms with Crippen molar-refractivity contribution in [3.05, 3.63) is 40.6 Å². The molecule has 0 aliphatic rings. The van der Waals surface area contributed by atoms with Crippen molar-refractivity contribution < 1.29 is 9.34 Å². The zero-order valence-electron chi connectivity index (χ0n) is 7.58. The van der Waals surface area contributed by atoms with Crippen LogP contribution in [-0.2, 0) is 0 Å². The number of hydrogen-bond acceptors (Lipinski definition) is 5. The number of nitro groups is 1. The first-order valence-electron chi connectivity index (χ1n) is 4.12. The van der Waals surface area contributed by atoms with E-state index in [4.69, 9.17) is 10.2 Å². The highest BCUT2D eigenvalue weighted by molar-refractivity contribution is 5.59. The van der Waals surface area contributed by atoms with Gasteiger partial charge in [-0.2, -0.15) is 0 Å². The third-order valence-corrected chi connectivity index (χ3v) is 1.81. The largest absolute Gasteiger partial charge is 0.463 e. The first-order valence-corrected chi connectivity index (χ1v) is 4.12. The monoisotopic (exact) mass is 205 g/mol. The molecule has 2 heterocycles. The topological polar surface area (TPSA) is 95.2 Å². The summed E-state index contributed by atoms with van der Waals surface area (Å²) >= 11 is 0. The maximum absolute atomic E-state index is 10.6. The molecular weight excluding hydrogens is 198 g/mol. The van der Waals surface area contributed by atoms with Crippen LogP contribution in [0.5, 0.6) is 0 Å². The van der Waals surface area contributed by atoms with E-state index in [0.717, 1.165) is 0 Å². The van der Waals surface area contributed by atoms with Crippen LogP contribution in [0.1, 0.15) is 0 Å². The van der Waals surface area contributed by atoms with Crippen molar-refractivity contribution in [1.29, 1.82) is 0 Å². The molecule has 2 rings (SSSR count). The number of nitrogens with zero attached hydrogens (tertiary/aromatic N) is 2. The molecule has 0 fully saturated rings. The zero-order valence-corrected chi connectivity index (χ0v) is 7.58. The minimum atomic E-state index is -0.523. The normalized spacial score (nSPS) is 10.1. The third-order valence-electron chi connectivity index (χ3n) is 1.81. The van der Waals surface area contributed by atoms with E-state index in [9.17, 15) is 10.1 Å². The highest BCUT2D eigenvalue weighted by atomic mass is 16.6. The lowest BCUT2D eigenvalue weighted by Crippen LogP contribution is -1.96. The van der Waals surface area contributed by atoms with Crippen LogP contribution in [0.25, 0.3) is 11.5 Å². The summed E-state index contributed by atoms with van der Waals surface area (Å²) in [5.41, 5.74) is 5.70. The molecule has 2 aromatic heterocycles. The summed E-state index contributed by atoms with van der Waals surface area (Å²) in [7, 11) is 0. The van der Waals surface area contributed by atoms with Crippen molar-refractivity contribution in [3.63, 3.8) is 0 Å². The van der Waals surface area contributed by atoms with Gasteiger partial charge in [0.15, 0.2) is 5.76 Å². The summed E-state index contributed by atoms with van der Waals surface area (Å²) in [5, 5.41) is 10.6. The molecule has 0 bridgehead atoms.